The molecule has 5 heteroatoms. The maximum Gasteiger partial charge on any atom is 0.255 e. The maximum absolute atomic E-state index is 13.0. The van der Waals surface area contributed by atoms with Crippen molar-refractivity contribution in [3.63, 3.8) is 0 Å². The molecule has 0 radical (unpaired) electrons. The first-order valence-electron chi connectivity index (χ1n) is 9.58. The lowest BCUT2D eigenvalue weighted by molar-refractivity contribution is 0.0715. The van der Waals surface area contributed by atoms with E-state index < -0.39 is 0 Å². The van der Waals surface area contributed by atoms with Crippen molar-refractivity contribution in [2.24, 2.45) is 11.8 Å². The molecular formula is C22H28N4O. The Balaban J connectivity index is 1.84. The van der Waals surface area contributed by atoms with E-state index in [1.54, 1.807) is 12.4 Å². The average Bonchev–Trinajstić information content (AvgIpc) is 3.03. The van der Waals surface area contributed by atoms with Crippen LogP contribution in [0.5, 0.6) is 0 Å². The van der Waals surface area contributed by atoms with Gasteiger partial charge in [-0.1, -0.05) is 58.0 Å². The van der Waals surface area contributed by atoms with Gasteiger partial charge in [0, 0.05) is 24.7 Å². The molecule has 1 amide bonds. The summed E-state index contributed by atoms with van der Waals surface area (Å²) in [6.45, 7) is 10.7. The molecule has 0 saturated carbocycles. The zero-order valence-corrected chi connectivity index (χ0v) is 16.6. The zero-order valence-electron chi connectivity index (χ0n) is 16.6. The summed E-state index contributed by atoms with van der Waals surface area (Å²) in [6.07, 6.45) is 3.47. The van der Waals surface area contributed by atoms with Gasteiger partial charge < -0.3 is 4.90 Å². The SMILES string of the molecule is CC(C)CN(CC(C)C)C(=O)c1cnc2c(cnn2Cc2ccccc2)c1. The summed E-state index contributed by atoms with van der Waals surface area (Å²) in [6, 6.07) is 12.1. The minimum Gasteiger partial charge on any atom is -0.338 e. The molecule has 0 spiro atoms. The third-order valence-electron chi connectivity index (χ3n) is 4.36. The molecule has 0 aliphatic carbocycles. The van der Waals surface area contributed by atoms with Crippen LogP contribution in [0.2, 0.25) is 0 Å². The molecule has 142 valence electrons. The van der Waals surface area contributed by atoms with Crippen molar-refractivity contribution in [1.29, 1.82) is 0 Å². The van der Waals surface area contributed by atoms with Gasteiger partial charge in [-0.05, 0) is 23.5 Å². The molecule has 5 nitrogen and oxygen atoms in total. The number of rotatable bonds is 7. The molecule has 0 N–H and O–H groups in total. The predicted octanol–water partition coefficient (Wildman–Crippen LogP) is 4.23. The van der Waals surface area contributed by atoms with E-state index in [-0.39, 0.29) is 5.91 Å². The van der Waals surface area contributed by atoms with E-state index in [1.807, 2.05) is 33.8 Å². The van der Waals surface area contributed by atoms with Gasteiger partial charge in [0.05, 0.1) is 18.3 Å². The highest BCUT2D eigenvalue weighted by molar-refractivity contribution is 5.96. The van der Waals surface area contributed by atoms with Gasteiger partial charge in [-0.2, -0.15) is 5.10 Å². The Labute approximate surface area is 161 Å². The van der Waals surface area contributed by atoms with Crippen molar-refractivity contribution in [1.82, 2.24) is 19.7 Å². The second-order valence-corrected chi connectivity index (χ2v) is 7.92. The van der Waals surface area contributed by atoms with Gasteiger partial charge in [-0.3, -0.25) is 4.79 Å². The van der Waals surface area contributed by atoms with E-state index in [4.69, 9.17) is 0 Å². The molecule has 0 atom stereocenters. The van der Waals surface area contributed by atoms with Gasteiger partial charge in [0.25, 0.3) is 5.91 Å². The molecule has 3 rings (SSSR count). The molecule has 0 saturated heterocycles. The van der Waals surface area contributed by atoms with Gasteiger partial charge in [0.15, 0.2) is 5.65 Å². The lowest BCUT2D eigenvalue weighted by Crippen LogP contribution is -2.37. The summed E-state index contributed by atoms with van der Waals surface area (Å²) in [7, 11) is 0. The quantitative estimate of drug-likeness (QED) is 0.630. The van der Waals surface area contributed by atoms with Crippen LogP contribution >= 0.6 is 0 Å². The molecule has 0 aliphatic rings. The molecule has 2 aromatic heterocycles. The Kier molecular flexibility index (Phi) is 5.89. The number of benzene rings is 1. The number of pyridine rings is 1. The number of aromatic nitrogens is 3. The standard InChI is InChI=1S/C22H28N4O/c1-16(2)13-25(14-17(3)4)22(27)20-10-19-12-24-26(21(19)23-11-20)15-18-8-6-5-7-9-18/h5-12,16-17H,13-15H2,1-4H3. The van der Waals surface area contributed by atoms with E-state index in [2.05, 4.69) is 49.9 Å². The summed E-state index contributed by atoms with van der Waals surface area (Å²) in [5.74, 6) is 0.902. The maximum atomic E-state index is 13.0. The van der Waals surface area contributed by atoms with Crippen LogP contribution < -0.4 is 0 Å². The Hall–Kier alpha value is -2.69. The van der Waals surface area contributed by atoms with Crippen LogP contribution in [0.1, 0.15) is 43.6 Å². The fourth-order valence-corrected chi connectivity index (χ4v) is 3.27. The van der Waals surface area contributed by atoms with Crippen LogP contribution in [-0.4, -0.2) is 38.7 Å². The molecule has 3 aromatic rings. The highest BCUT2D eigenvalue weighted by Gasteiger charge is 2.19. The Morgan fingerprint density at radius 2 is 1.70 bits per heavy atom. The minimum atomic E-state index is 0.0441. The molecule has 1 aromatic carbocycles. The lowest BCUT2D eigenvalue weighted by atomic mass is 10.1. The molecule has 2 heterocycles. The highest BCUT2D eigenvalue weighted by atomic mass is 16.2. The van der Waals surface area contributed by atoms with E-state index in [9.17, 15) is 4.79 Å². The number of amides is 1. The van der Waals surface area contributed by atoms with Gasteiger partial charge in [0.2, 0.25) is 0 Å². The molecule has 0 unspecified atom stereocenters. The molecule has 0 bridgehead atoms. The largest absolute Gasteiger partial charge is 0.338 e. The smallest absolute Gasteiger partial charge is 0.255 e. The third kappa shape index (κ3) is 4.73. The summed E-state index contributed by atoms with van der Waals surface area (Å²) in [4.78, 5) is 19.5. The van der Waals surface area contributed by atoms with E-state index in [0.717, 1.165) is 24.1 Å². The first-order chi connectivity index (χ1) is 12.9. The number of hydrogen-bond acceptors (Lipinski definition) is 3. The van der Waals surface area contributed by atoms with Crippen molar-refractivity contribution in [3.8, 4) is 0 Å². The van der Waals surface area contributed by atoms with E-state index in [1.165, 1.54) is 5.56 Å². The van der Waals surface area contributed by atoms with Crippen molar-refractivity contribution >= 4 is 16.9 Å². The van der Waals surface area contributed by atoms with Crippen LogP contribution in [0, 0.1) is 11.8 Å². The summed E-state index contributed by atoms with van der Waals surface area (Å²) in [5.41, 5.74) is 2.60. The topological polar surface area (TPSA) is 51.0 Å². The molecular weight excluding hydrogens is 336 g/mol. The van der Waals surface area contributed by atoms with Crippen LogP contribution in [-0.2, 0) is 6.54 Å². The van der Waals surface area contributed by atoms with E-state index in [0.29, 0.717) is 23.9 Å². The fraction of sp³-hybridized carbons (Fsp3) is 0.409. The Morgan fingerprint density at radius 3 is 2.33 bits per heavy atom. The van der Waals surface area contributed by atoms with Gasteiger partial charge in [0.1, 0.15) is 0 Å². The van der Waals surface area contributed by atoms with Crippen LogP contribution in [0.3, 0.4) is 0 Å². The average molecular weight is 364 g/mol. The van der Waals surface area contributed by atoms with Crippen LogP contribution in [0.4, 0.5) is 0 Å². The second-order valence-electron chi connectivity index (χ2n) is 7.92. The van der Waals surface area contributed by atoms with Crippen LogP contribution in [0.25, 0.3) is 11.0 Å². The first-order valence-corrected chi connectivity index (χ1v) is 9.58. The summed E-state index contributed by atoms with van der Waals surface area (Å²) < 4.78 is 1.87. The van der Waals surface area contributed by atoms with Crippen molar-refractivity contribution in [2.45, 2.75) is 34.2 Å². The molecule has 0 aliphatic heterocycles. The molecule has 27 heavy (non-hydrogen) atoms. The number of carbonyl (C=O) groups excluding carboxylic acids is 1. The zero-order chi connectivity index (χ0) is 19.4. The summed E-state index contributed by atoms with van der Waals surface area (Å²) >= 11 is 0. The number of nitrogens with zero attached hydrogens (tertiary/aromatic N) is 4. The van der Waals surface area contributed by atoms with Crippen molar-refractivity contribution in [2.75, 3.05) is 13.1 Å². The predicted molar refractivity (Wildman–Crippen MR) is 109 cm³/mol. The number of carbonyl (C=O) groups is 1. The van der Waals surface area contributed by atoms with Gasteiger partial charge in [-0.15, -0.1) is 0 Å². The normalized spacial score (nSPS) is 11.5. The minimum absolute atomic E-state index is 0.0441. The van der Waals surface area contributed by atoms with Gasteiger partial charge in [-0.25, -0.2) is 9.67 Å². The number of fused-ring (bicyclic) bond motifs is 1. The lowest BCUT2D eigenvalue weighted by Gasteiger charge is -2.26. The fourth-order valence-electron chi connectivity index (χ4n) is 3.27. The van der Waals surface area contributed by atoms with Gasteiger partial charge >= 0.3 is 0 Å². The molecule has 0 fully saturated rings. The van der Waals surface area contributed by atoms with Crippen molar-refractivity contribution in [3.05, 3.63) is 59.9 Å². The monoisotopic (exact) mass is 364 g/mol. The highest BCUT2D eigenvalue weighted by Crippen LogP contribution is 2.17. The first kappa shape index (κ1) is 19.1. The third-order valence-corrected chi connectivity index (χ3v) is 4.36. The summed E-state index contributed by atoms with van der Waals surface area (Å²) in [5, 5.41) is 5.36. The Bertz CT molecular complexity index is 889. The van der Waals surface area contributed by atoms with Crippen molar-refractivity contribution < 1.29 is 4.79 Å². The Morgan fingerprint density at radius 1 is 1.04 bits per heavy atom. The number of hydrogen-bond donors (Lipinski definition) is 0. The second kappa shape index (κ2) is 8.33. The van der Waals surface area contributed by atoms with Crippen LogP contribution in [0.15, 0.2) is 48.8 Å². The van der Waals surface area contributed by atoms with E-state index >= 15 is 0 Å².